The molecule has 1 aromatic heterocycles. The predicted molar refractivity (Wildman–Crippen MR) is 86.8 cm³/mol. The summed E-state index contributed by atoms with van der Waals surface area (Å²) in [7, 11) is 0. The molecule has 7 heteroatoms. The van der Waals surface area contributed by atoms with E-state index in [-0.39, 0.29) is 5.69 Å². The zero-order chi connectivity index (χ0) is 15.9. The Morgan fingerprint density at radius 1 is 1.14 bits per heavy atom. The first-order valence-electron chi connectivity index (χ1n) is 7.35. The zero-order valence-electron chi connectivity index (χ0n) is 12.8. The Kier molecular flexibility index (Phi) is 6.18. The molecule has 0 atom stereocenters. The Labute approximate surface area is 133 Å². The molecule has 0 saturated carbocycles. The molecule has 1 aromatic carbocycles. The van der Waals surface area contributed by atoms with Gasteiger partial charge in [-0.05, 0) is 0 Å². The quantitative estimate of drug-likeness (QED) is 0.846. The van der Waals surface area contributed by atoms with Gasteiger partial charge in [0, 0.05) is 36.7 Å². The third-order valence-corrected chi connectivity index (χ3v) is 3.96. The molecule has 0 unspecified atom stereocenters. The van der Waals surface area contributed by atoms with Gasteiger partial charge in [0.15, 0.2) is 11.6 Å². The number of halogens is 2. The van der Waals surface area contributed by atoms with Crippen molar-refractivity contribution in [1.29, 1.82) is 0 Å². The average Bonchev–Trinajstić information content (AvgIpc) is 3.02. The molecular formula is C15H20F2N4S. The van der Waals surface area contributed by atoms with Crippen LogP contribution in [-0.2, 0) is 0 Å². The molecule has 0 aliphatic carbocycles. The molecule has 2 heterocycles. The normalized spacial score (nSPS) is 14.5. The first-order chi connectivity index (χ1) is 10.7. The largest absolute Gasteiger partial charge is 0.365 e. The highest BCUT2D eigenvalue weighted by Crippen LogP contribution is 2.28. The van der Waals surface area contributed by atoms with Crippen molar-refractivity contribution < 1.29 is 8.78 Å². The van der Waals surface area contributed by atoms with Crippen molar-refractivity contribution in [2.75, 3.05) is 29.5 Å². The van der Waals surface area contributed by atoms with E-state index in [1.165, 1.54) is 29.4 Å². The SMILES string of the molecule is CCC.Fc1cc(-n2ccnn2)cc(F)c1N1CCSCC1. The molecule has 3 rings (SSSR count). The molecule has 0 radical (unpaired) electrons. The maximum absolute atomic E-state index is 14.1. The van der Waals surface area contributed by atoms with Crippen molar-refractivity contribution in [3.05, 3.63) is 36.2 Å². The highest BCUT2D eigenvalue weighted by atomic mass is 32.2. The molecule has 1 saturated heterocycles. The summed E-state index contributed by atoms with van der Waals surface area (Å²) in [5, 5.41) is 7.35. The van der Waals surface area contributed by atoms with Crippen LogP contribution in [0.2, 0.25) is 0 Å². The summed E-state index contributed by atoms with van der Waals surface area (Å²) in [6.07, 6.45) is 4.26. The van der Waals surface area contributed by atoms with Gasteiger partial charge in [-0.1, -0.05) is 25.5 Å². The van der Waals surface area contributed by atoms with Crippen molar-refractivity contribution in [2.45, 2.75) is 20.3 Å². The van der Waals surface area contributed by atoms with Gasteiger partial charge in [-0.2, -0.15) is 11.8 Å². The fraction of sp³-hybridized carbons (Fsp3) is 0.467. The third-order valence-electron chi connectivity index (χ3n) is 3.02. The minimum absolute atomic E-state index is 0.0594. The van der Waals surface area contributed by atoms with Crippen LogP contribution in [0.1, 0.15) is 20.3 Å². The Hall–Kier alpha value is -1.63. The first-order valence-corrected chi connectivity index (χ1v) is 8.51. The Balaban J connectivity index is 0.000000545. The lowest BCUT2D eigenvalue weighted by molar-refractivity contribution is 0.570. The number of aromatic nitrogens is 3. The second kappa shape index (κ2) is 8.12. The van der Waals surface area contributed by atoms with E-state index in [0.717, 1.165) is 11.5 Å². The minimum Gasteiger partial charge on any atom is -0.365 e. The number of hydrogen-bond acceptors (Lipinski definition) is 4. The van der Waals surface area contributed by atoms with E-state index >= 15 is 0 Å². The van der Waals surface area contributed by atoms with Crippen LogP contribution in [0.5, 0.6) is 0 Å². The molecule has 0 amide bonds. The summed E-state index contributed by atoms with van der Waals surface area (Å²) in [6, 6.07) is 2.57. The van der Waals surface area contributed by atoms with Gasteiger partial charge in [0.25, 0.3) is 0 Å². The molecule has 1 fully saturated rings. The fourth-order valence-electron chi connectivity index (χ4n) is 2.12. The highest BCUT2D eigenvalue weighted by Gasteiger charge is 2.20. The molecule has 1 aliphatic heterocycles. The molecule has 0 bridgehead atoms. The predicted octanol–water partition coefficient (Wildman–Crippen LogP) is 3.52. The van der Waals surface area contributed by atoms with E-state index in [1.54, 1.807) is 22.9 Å². The van der Waals surface area contributed by atoms with Crippen molar-refractivity contribution in [1.82, 2.24) is 15.0 Å². The Bertz CT molecular complexity index is 560. The van der Waals surface area contributed by atoms with Gasteiger partial charge in [0.2, 0.25) is 0 Å². The number of anilines is 1. The van der Waals surface area contributed by atoms with E-state index in [2.05, 4.69) is 24.2 Å². The van der Waals surface area contributed by atoms with Crippen LogP contribution < -0.4 is 4.90 Å². The van der Waals surface area contributed by atoms with Crippen LogP contribution >= 0.6 is 11.8 Å². The minimum atomic E-state index is -0.558. The van der Waals surface area contributed by atoms with E-state index < -0.39 is 11.6 Å². The average molecular weight is 326 g/mol. The van der Waals surface area contributed by atoms with Crippen molar-refractivity contribution in [2.24, 2.45) is 0 Å². The lowest BCUT2D eigenvalue weighted by Gasteiger charge is -2.29. The van der Waals surface area contributed by atoms with Crippen LogP contribution in [0.15, 0.2) is 24.5 Å². The van der Waals surface area contributed by atoms with Gasteiger partial charge in [-0.3, -0.25) is 0 Å². The monoisotopic (exact) mass is 326 g/mol. The van der Waals surface area contributed by atoms with E-state index in [1.807, 2.05) is 0 Å². The van der Waals surface area contributed by atoms with Crippen LogP contribution in [0.4, 0.5) is 14.5 Å². The number of nitrogens with zero attached hydrogens (tertiary/aromatic N) is 4. The molecule has 2 aromatic rings. The van der Waals surface area contributed by atoms with Gasteiger partial charge in [-0.25, -0.2) is 13.5 Å². The van der Waals surface area contributed by atoms with Gasteiger partial charge in [-0.15, -0.1) is 5.10 Å². The second-order valence-corrected chi connectivity index (χ2v) is 6.14. The van der Waals surface area contributed by atoms with Crippen molar-refractivity contribution >= 4 is 17.4 Å². The third kappa shape index (κ3) is 3.97. The summed E-state index contributed by atoms with van der Waals surface area (Å²) in [5.41, 5.74) is 0.395. The second-order valence-electron chi connectivity index (χ2n) is 4.91. The maximum Gasteiger partial charge on any atom is 0.151 e. The summed E-state index contributed by atoms with van der Waals surface area (Å²) < 4.78 is 29.6. The van der Waals surface area contributed by atoms with E-state index in [9.17, 15) is 8.78 Å². The zero-order valence-corrected chi connectivity index (χ0v) is 13.6. The van der Waals surface area contributed by atoms with Gasteiger partial charge in [0.1, 0.15) is 5.69 Å². The number of rotatable bonds is 2. The van der Waals surface area contributed by atoms with Crippen LogP contribution in [-0.4, -0.2) is 39.6 Å². The molecule has 22 heavy (non-hydrogen) atoms. The van der Waals surface area contributed by atoms with Crippen molar-refractivity contribution in [3.63, 3.8) is 0 Å². The lowest BCUT2D eigenvalue weighted by atomic mass is 10.2. The standard InChI is InChI=1S/C12H12F2N4S.C3H8/c13-10-7-9(18-2-1-15-16-18)8-11(14)12(10)17-3-5-19-6-4-17;1-3-2/h1-2,7-8H,3-6H2;3H2,1-2H3. The summed E-state index contributed by atoms with van der Waals surface area (Å²) >= 11 is 1.80. The van der Waals surface area contributed by atoms with Crippen molar-refractivity contribution in [3.8, 4) is 5.69 Å². The Morgan fingerprint density at radius 2 is 1.73 bits per heavy atom. The number of hydrogen-bond donors (Lipinski definition) is 0. The molecule has 0 N–H and O–H groups in total. The summed E-state index contributed by atoms with van der Waals surface area (Å²) in [6.45, 7) is 5.59. The van der Waals surface area contributed by atoms with Gasteiger partial charge in [0.05, 0.1) is 18.1 Å². The molecule has 120 valence electrons. The topological polar surface area (TPSA) is 34.0 Å². The van der Waals surface area contributed by atoms with Crippen LogP contribution in [0.3, 0.4) is 0 Å². The highest BCUT2D eigenvalue weighted by molar-refractivity contribution is 7.99. The van der Waals surface area contributed by atoms with Crippen LogP contribution in [0, 0.1) is 11.6 Å². The molecule has 4 nitrogen and oxygen atoms in total. The van der Waals surface area contributed by atoms with Gasteiger partial charge < -0.3 is 4.90 Å². The van der Waals surface area contributed by atoms with E-state index in [4.69, 9.17) is 0 Å². The van der Waals surface area contributed by atoms with Gasteiger partial charge >= 0.3 is 0 Å². The fourth-order valence-corrected chi connectivity index (χ4v) is 3.02. The molecule has 1 aliphatic rings. The lowest BCUT2D eigenvalue weighted by Crippen LogP contribution is -2.33. The number of thioether (sulfide) groups is 1. The van der Waals surface area contributed by atoms with E-state index in [0.29, 0.717) is 18.8 Å². The van der Waals surface area contributed by atoms with Crippen LogP contribution in [0.25, 0.3) is 5.69 Å². The summed E-state index contributed by atoms with van der Waals surface area (Å²) in [4.78, 5) is 1.76. The maximum atomic E-state index is 14.1. The molecule has 0 spiro atoms. The molecular weight excluding hydrogens is 306 g/mol. The Morgan fingerprint density at radius 3 is 2.23 bits per heavy atom. The summed E-state index contributed by atoms with van der Waals surface area (Å²) in [5.74, 6) is 0.669. The number of benzene rings is 1. The smallest absolute Gasteiger partial charge is 0.151 e. The first kappa shape index (κ1) is 16.7.